The molecule has 3 aromatic rings. The maximum Gasteiger partial charge on any atom is 0.261 e. The number of benzene rings is 2. The molecule has 0 aliphatic rings. The van der Waals surface area contributed by atoms with Gasteiger partial charge in [0.25, 0.3) is 5.56 Å². The lowest BCUT2D eigenvalue weighted by molar-refractivity contribution is 0.434. The molecule has 0 saturated carbocycles. The summed E-state index contributed by atoms with van der Waals surface area (Å²) in [5.74, 6) is -0.671. The molecule has 4 nitrogen and oxygen atoms in total. The van der Waals surface area contributed by atoms with Crippen LogP contribution < -0.4 is 5.56 Å². The number of aromatic nitrogens is 2. The van der Waals surface area contributed by atoms with Gasteiger partial charge in [0.2, 0.25) is 0 Å². The lowest BCUT2D eigenvalue weighted by Crippen LogP contribution is -2.26. The second kappa shape index (κ2) is 7.35. The largest absolute Gasteiger partial charge is 0.504 e. The molecule has 0 amide bonds. The Morgan fingerprint density at radius 2 is 1.81 bits per heavy atom. The lowest BCUT2D eigenvalue weighted by atomic mass is 10.0. The van der Waals surface area contributed by atoms with E-state index >= 15 is 0 Å². The number of hydrogen-bond donors (Lipinski definition) is 1. The van der Waals surface area contributed by atoms with Crippen LogP contribution in [0.5, 0.6) is 5.75 Å². The third-order valence-corrected chi connectivity index (χ3v) is 4.78. The van der Waals surface area contributed by atoms with Gasteiger partial charge in [-0.15, -0.1) is 0 Å². The van der Waals surface area contributed by atoms with Crippen molar-refractivity contribution in [3.63, 3.8) is 0 Å². The minimum Gasteiger partial charge on any atom is -0.504 e. The molecular formula is C22H23FN2O2. The van der Waals surface area contributed by atoms with Gasteiger partial charge in [0.15, 0.2) is 17.4 Å². The van der Waals surface area contributed by atoms with E-state index in [1.54, 1.807) is 13.0 Å². The second-order valence-electron chi connectivity index (χ2n) is 6.88. The maximum atomic E-state index is 13.9. The molecule has 0 spiro atoms. The van der Waals surface area contributed by atoms with Crippen LogP contribution in [0.3, 0.4) is 0 Å². The Morgan fingerprint density at radius 3 is 2.41 bits per heavy atom. The van der Waals surface area contributed by atoms with Crippen LogP contribution in [0.4, 0.5) is 4.39 Å². The van der Waals surface area contributed by atoms with E-state index in [0.29, 0.717) is 29.3 Å². The van der Waals surface area contributed by atoms with E-state index in [-0.39, 0.29) is 16.9 Å². The summed E-state index contributed by atoms with van der Waals surface area (Å²) >= 11 is 0. The molecule has 0 bridgehead atoms. The minimum atomic E-state index is -0.749. The quantitative estimate of drug-likeness (QED) is 0.726. The molecule has 3 rings (SSSR count). The first-order valence-electron chi connectivity index (χ1n) is 9.05. The number of nitrogens with zero attached hydrogens (tertiary/aromatic N) is 2. The number of phenols is 1. The monoisotopic (exact) mass is 366 g/mol. The summed E-state index contributed by atoms with van der Waals surface area (Å²) < 4.78 is 15.4. The Hall–Kier alpha value is -2.95. The van der Waals surface area contributed by atoms with Crippen molar-refractivity contribution >= 4 is 0 Å². The van der Waals surface area contributed by atoms with Crippen molar-refractivity contribution in [1.82, 2.24) is 9.55 Å². The number of hydrogen-bond acceptors (Lipinski definition) is 3. The van der Waals surface area contributed by atoms with Gasteiger partial charge in [0.1, 0.15) is 0 Å². The number of rotatable bonds is 4. The number of aromatic hydroxyl groups is 1. The smallest absolute Gasteiger partial charge is 0.261 e. The number of halogens is 1. The van der Waals surface area contributed by atoms with Gasteiger partial charge in [-0.05, 0) is 49.1 Å². The number of aryl methyl sites for hydroxylation is 1. The predicted octanol–water partition coefficient (Wildman–Crippen LogP) is 4.74. The average molecular weight is 366 g/mol. The van der Waals surface area contributed by atoms with Crippen molar-refractivity contribution in [3.05, 3.63) is 75.5 Å². The molecule has 1 heterocycles. The van der Waals surface area contributed by atoms with Crippen LogP contribution >= 0.6 is 0 Å². The SMILES string of the molecule is CCc1c(C)nc(-c2cccc(F)c2O)n(-c2ccc(C(C)C)cc2)c1=O. The van der Waals surface area contributed by atoms with Gasteiger partial charge in [0, 0.05) is 11.3 Å². The van der Waals surface area contributed by atoms with E-state index in [2.05, 4.69) is 18.8 Å². The van der Waals surface area contributed by atoms with Crippen LogP contribution in [-0.4, -0.2) is 14.7 Å². The van der Waals surface area contributed by atoms with Crippen LogP contribution in [0.2, 0.25) is 0 Å². The van der Waals surface area contributed by atoms with Gasteiger partial charge in [-0.25, -0.2) is 9.37 Å². The Bertz CT molecular complexity index is 1040. The van der Waals surface area contributed by atoms with Gasteiger partial charge >= 0.3 is 0 Å². The van der Waals surface area contributed by atoms with E-state index in [1.807, 2.05) is 31.2 Å². The van der Waals surface area contributed by atoms with E-state index in [4.69, 9.17) is 0 Å². The van der Waals surface area contributed by atoms with Gasteiger partial charge in [-0.3, -0.25) is 9.36 Å². The Balaban J connectivity index is 2.34. The standard InChI is InChI=1S/C22H23FN2O2/c1-5-17-14(4)24-21(18-7-6-8-19(23)20(18)26)25(22(17)27)16-11-9-15(10-12-16)13(2)3/h6-13,26H,5H2,1-4H3. The molecule has 0 fully saturated rings. The lowest BCUT2D eigenvalue weighted by Gasteiger charge is -2.17. The summed E-state index contributed by atoms with van der Waals surface area (Å²) in [6.07, 6.45) is 0.539. The van der Waals surface area contributed by atoms with E-state index in [1.165, 1.54) is 16.7 Å². The molecule has 140 valence electrons. The van der Waals surface area contributed by atoms with E-state index < -0.39 is 11.6 Å². The molecule has 0 unspecified atom stereocenters. The third kappa shape index (κ3) is 3.37. The highest BCUT2D eigenvalue weighted by molar-refractivity contribution is 5.66. The van der Waals surface area contributed by atoms with Crippen molar-refractivity contribution < 1.29 is 9.50 Å². The summed E-state index contributed by atoms with van der Waals surface area (Å²) in [6, 6.07) is 11.9. The molecule has 0 aliphatic carbocycles. The molecule has 0 aliphatic heterocycles. The first-order chi connectivity index (χ1) is 12.8. The van der Waals surface area contributed by atoms with Gasteiger partial charge < -0.3 is 5.11 Å². The van der Waals surface area contributed by atoms with Crippen molar-refractivity contribution in [1.29, 1.82) is 0 Å². The zero-order valence-corrected chi connectivity index (χ0v) is 16.0. The third-order valence-electron chi connectivity index (χ3n) is 4.78. The van der Waals surface area contributed by atoms with Crippen molar-refractivity contribution in [2.24, 2.45) is 0 Å². The summed E-state index contributed by atoms with van der Waals surface area (Å²) in [6.45, 7) is 7.85. The van der Waals surface area contributed by atoms with Crippen molar-refractivity contribution in [2.75, 3.05) is 0 Å². The van der Waals surface area contributed by atoms with E-state index in [9.17, 15) is 14.3 Å². The van der Waals surface area contributed by atoms with Crippen LogP contribution in [0.15, 0.2) is 47.3 Å². The summed E-state index contributed by atoms with van der Waals surface area (Å²) in [7, 11) is 0. The predicted molar refractivity (Wildman–Crippen MR) is 105 cm³/mol. The number of phenolic OH excluding ortho intramolecular Hbond substituents is 1. The van der Waals surface area contributed by atoms with E-state index in [0.717, 1.165) is 5.56 Å². The van der Waals surface area contributed by atoms with Crippen LogP contribution in [0.25, 0.3) is 17.1 Å². The molecule has 0 atom stereocenters. The average Bonchev–Trinajstić information content (AvgIpc) is 2.64. The van der Waals surface area contributed by atoms with Gasteiger partial charge in [0.05, 0.1) is 11.3 Å². The second-order valence-corrected chi connectivity index (χ2v) is 6.88. The molecule has 0 radical (unpaired) electrons. The van der Waals surface area contributed by atoms with Crippen LogP contribution in [0, 0.1) is 12.7 Å². The minimum absolute atomic E-state index is 0.186. The first-order valence-corrected chi connectivity index (χ1v) is 9.05. The summed E-state index contributed by atoms with van der Waals surface area (Å²) in [5, 5.41) is 10.2. The molecule has 2 aromatic carbocycles. The first kappa shape index (κ1) is 18.8. The highest BCUT2D eigenvalue weighted by Crippen LogP contribution is 2.31. The maximum absolute atomic E-state index is 13.9. The highest BCUT2D eigenvalue weighted by atomic mass is 19.1. The van der Waals surface area contributed by atoms with Crippen molar-refractivity contribution in [3.8, 4) is 22.8 Å². The molecular weight excluding hydrogens is 343 g/mol. The molecule has 1 N–H and O–H groups in total. The molecule has 27 heavy (non-hydrogen) atoms. The Kier molecular flexibility index (Phi) is 5.13. The van der Waals surface area contributed by atoms with Crippen LogP contribution in [-0.2, 0) is 6.42 Å². The van der Waals surface area contributed by atoms with Gasteiger partial charge in [-0.2, -0.15) is 0 Å². The number of para-hydroxylation sites is 1. The molecule has 5 heteroatoms. The topological polar surface area (TPSA) is 55.1 Å². The highest BCUT2D eigenvalue weighted by Gasteiger charge is 2.19. The van der Waals surface area contributed by atoms with Crippen LogP contribution in [0.1, 0.15) is 43.5 Å². The van der Waals surface area contributed by atoms with Gasteiger partial charge in [-0.1, -0.05) is 39.0 Å². The fraction of sp³-hybridized carbons (Fsp3) is 0.273. The Labute approximate surface area is 158 Å². The molecule has 1 aromatic heterocycles. The Morgan fingerprint density at radius 1 is 1.15 bits per heavy atom. The normalized spacial score (nSPS) is 11.2. The fourth-order valence-corrected chi connectivity index (χ4v) is 3.19. The zero-order valence-electron chi connectivity index (χ0n) is 16.0. The molecule has 0 saturated heterocycles. The fourth-order valence-electron chi connectivity index (χ4n) is 3.19. The van der Waals surface area contributed by atoms with Crippen molar-refractivity contribution in [2.45, 2.75) is 40.0 Å². The zero-order chi connectivity index (χ0) is 19.7. The summed E-state index contributed by atoms with van der Waals surface area (Å²) in [5.41, 5.74) is 2.94. The summed E-state index contributed by atoms with van der Waals surface area (Å²) in [4.78, 5) is 17.7.